The van der Waals surface area contributed by atoms with E-state index in [0.29, 0.717) is 22.3 Å². The van der Waals surface area contributed by atoms with Crippen LogP contribution in [0, 0.1) is 22.7 Å². The quantitative estimate of drug-likeness (QED) is 0.362. The van der Waals surface area contributed by atoms with E-state index >= 15 is 0 Å². The van der Waals surface area contributed by atoms with Gasteiger partial charge in [-0.3, -0.25) is 0 Å². The molecule has 2 N–H and O–H groups in total. The topological polar surface area (TPSA) is 99.9 Å². The highest BCUT2D eigenvalue weighted by molar-refractivity contribution is 9.10. The normalized spacial score (nSPS) is 10.1. The molecule has 3 aromatic carbocycles. The number of nitrogens with two attached hydrogens (primary N) is 1. The van der Waals surface area contributed by atoms with E-state index in [-0.39, 0.29) is 22.4 Å². The number of methoxy groups -OCH3 is 1. The molecule has 0 spiro atoms. The van der Waals surface area contributed by atoms with Gasteiger partial charge in [0.25, 0.3) is 0 Å². The number of nitriles is 2. The van der Waals surface area contributed by atoms with Crippen molar-refractivity contribution in [3.05, 3.63) is 74.2 Å². The molecule has 29 heavy (non-hydrogen) atoms. The average Bonchev–Trinajstić information content (AvgIpc) is 2.73. The molecule has 142 valence electrons. The summed E-state index contributed by atoms with van der Waals surface area (Å²) in [4.78, 5) is 12.7. The number of nitrogens with zero attached hydrogens (tertiary/aromatic N) is 2. The van der Waals surface area contributed by atoms with Crippen molar-refractivity contribution >= 4 is 43.5 Å². The van der Waals surface area contributed by atoms with E-state index in [1.165, 1.54) is 7.11 Å². The molecule has 0 amide bonds. The van der Waals surface area contributed by atoms with Crippen LogP contribution in [0.4, 0.5) is 5.69 Å². The number of carbonyl (C=O) groups excluding carboxylic acids is 1. The molecule has 0 fully saturated rings. The first kappa shape index (κ1) is 20.6. The predicted molar refractivity (Wildman–Crippen MR) is 118 cm³/mol. The minimum Gasteiger partial charge on any atom is -0.465 e. The van der Waals surface area contributed by atoms with Crippen LogP contribution >= 0.6 is 31.9 Å². The lowest BCUT2D eigenvalue weighted by atomic mass is 9.83. The van der Waals surface area contributed by atoms with Crippen LogP contribution in [0.5, 0.6) is 0 Å². The highest BCUT2D eigenvalue weighted by Crippen LogP contribution is 2.43. The fourth-order valence-corrected chi connectivity index (χ4v) is 3.65. The van der Waals surface area contributed by atoms with E-state index in [1.807, 2.05) is 42.5 Å². The summed E-state index contributed by atoms with van der Waals surface area (Å²) in [5.41, 5.74) is 8.44. The number of rotatable bonds is 3. The maximum atomic E-state index is 12.7. The maximum Gasteiger partial charge on any atom is 0.339 e. The first-order valence-electron chi connectivity index (χ1n) is 8.32. The van der Waals surface area contributed by atoms with Gasteiger partial charge >= 0.3 is 5.97 Å². The Bertz CT molecular complexity index is 1190. The van der Waals surface area contributed by atoms with Crippen LogP contribution < -0.4 is 5.73 Å². The minimum atomic E-state index is -0.700. The average molecular weight is 511 g/mol. The molecule has 0 saturated heterocycles. The van der Waals surface area contributed by atoms with Gasteiger partial charge in [-0.25, -0.2) is 4.79 Å². The van der Waals surface area contributed by atoms with Crippen LogP contribution in [0.25, 0.3) is 22.3 Å². The van der Waals surface area contributed by atoms with E-state index in [9.17, 15) is 15.3 Å². The summed E-state index contributed by atoms with van der Waals surface area (Å²) in [7, 11) is 1.24. The largest absolute Gasteiger partial charge is 0.465 e. The second-order valence-corrected chi connectivity index (χ2v) is 7.85. The van der Waals surface area contributed by atoms with Crippen molar-refractivity contribution in [1.82, 2.24) is 0 Å². The zero-order valence-electron chi connectivity index (χ0n) is 15.2. The Kier molecular flexibility index (Phi) is 6.03. The van der Waals surface area contributed by atoms with Crippen molar-refractivity contribution in [2.45, 2.75) is 0 Å². The lowest BCUT2D eigenvalue weighted by Gasteiger charge is -2.19. The van der Waals surface area contributed by atoms with Gasteiger partial charge in [0.2, 0.25) is 0 Å². The molecule has 0 radical (unpaired) electrons. The van der Waals surface area contributed by atoms with Gasteiger partial charge in [0.05, 0.1) is 29.5 Å². The van der Waals surface area contributed by atoms with Gasteiger partial charge in [-0.05, 0) is 35.4 Å². The molecule has 0 atom stereocenters. The van der Waals surface area contributed by atoms with Crippen LogP contribution in [0.15, 0.2) is 57.5 Å². The summed E-state index contributed by atoms with van der Waals surface area (Å²) < 4.78 is 6.67. The van der Waals surface area contributed by atoms with Gasteiger partial charge in [-0.1, -0.05) is 56.1 Å². The predicted octanol–water partition coefficient (Wildman–Crippen LogP) is 5.66. The van der Waals surface area contributed by atoms with E-state index in [2.05, 4.69) is 37.9 Å². The summed E-state index contributed by atoms with van der Waals surface area (Å²) in [5.74, 6) is -0.700. The summed E-state index contributed by atoms with van der Waals surface area (Å²) in [5, 5.41) is 19.6. The van der Waals surface area contributed by atoms with Crippen molar-refractivity contribution in [2.75, 3.05) is 12.8 Å². The number of anilines is 1. The van der Waals surface area contributed by atoms with Crippen molar-refractivity contribution in [3.8, 4) is 34.4 Å². The van der Waals surface area contributed by atoms with Gasteiger partial charge in [-0.2, -0.15) is 10.5 Å². The zero-order chi connectivity index (χ0) is 21.1. The van der Waals surface area contributed by atoms with Gasteiger partial charge < -0.3 is 10.5 Å². The van der Waals surface area contributed by atoms with Crippen LogP contribution in [0.3, 0.4) is 0 Å². The molecule has 0 aliphatic carbocycles. The fraction of sp³-hybridized carbons (Fsp3) is 0.0455. The zero-order valence-corrected chi connectivity index (χ0v) is 18.3. The molecule has 0 aliphatic rings. The second kappa shape index (κ2) is 8.48. The Morgan fingerprint density at radius 2 is 1.31 bits per heavy atom. The Labute approximate surface area is 184 Å². The number of hydrogen-bond donors (Lipinski definition) is 1. The molecule has 3 rings (SSSR count). The summed E-state index contributed by atoms with van der Waals surface area (Å²) in [6, 6.07) is 18.6. The van der Waals surface area contributed by atoms with Gasteiger partial charge in [0, 0.05) is 20.1 Å². The number of ether oxygens (including phenoxy) is 1. The number of carbonyl (C=O) groups is 1. The number of nitrogen functional groups attached to an aromatic ring is 1. The Morgan fingerprint density at radius 3 is 1.72 bits per heavy atom. The van der Waals surface area contributed by atoms with Crippen LogP contribution in [0.1, 0.15) is 21.5 Å². The standard InChI is InChI=1S/C22H13Br2N3O2/c1-29-22(28)20-17(11-26)21(27)16(10-25)18(12-2-6-14(23)7-3-12)19(20)13-4-8-15(24)9-5-13/h2-9H,27H2,1H3. The lowest BCUT2D eigenvalue weighted by molar-refractivity contribution is 0.0601. The molecule has 0 aromatic heterocycles. The maximum absolute atomic E-state index is 12.7. The van der Waals surface area contributed by atoms with Crippen molar-refractivity contribution < 1.29 is 9.53 Å². The first-order chi connectivity index (χ1) is 13.9. The van der Waals surface area contributed by atoms with Crippen LogP contribution in [-0.2, 0) is 4.74 Å². The molecule has 5 nitrogen and oxygen atoms in total. The van der Waals surface area contributed by atoms with Gasteiger partial charge in [-0.15, -0.1) is 0 Å². The van der Waals surface area contributed by atoms with Gasteiger partial charge in [0.1, 0.15) is 12.1 Å². The van der Waals surface area contributed by atoms with Crippen molar-refractivity contribution in [1.29, 1.82) is 10.5 Å². The van der Waals surface area contributed by atoms with E-state index in [1.54, 1.807) is 12.1 Å². The third-order valence-corrected chi connectivity index (χ3v) is 5.47. The number of hydrogen-bond acceptors (Lipinski definition) is 5. The van der Waals surface area contributed by atoms with E-state index in [4.69, 9.17) is 10.5 Å². The highest BCUT2D eigenvalue weighted by Gasteiger charge is 2.29. The fourth-order valence-electron chi connectivity index (χ4n) is 3.12. The van der Waals surface area contributed by atoms with Gasteiger partial charge in [0.15, 0.2) is 0 Å². The molecular formula is C22H13Br2N3O2. The Morgan fingerprint density at radius 1 is 0.862 bits per heavy atom. The van der Waals surface area contributed by atoms with Crippen molar-refractivity contribution in [2.24, 2.45) is 0 Å². The molecule has 0 aliphatic heterocycles. The van der Waals surface area contributed by atoms with E-state index in [0.717, 1.165) is 8.95 Å². The van der Waals surface area contributed by atoms with Crippen LogP contribution in [-0.4, -0.2) is 13.1 Å². The molecule has 0 saturated carbocycles. The monoisotopic (exact) mass is 509 g/mol. The Balaban J connectivity index is 2.58. The summed E-state index contributed by atoms with van der Waals surface area (Å²) in [6.45, 7) is 0. The van der Waals surface area contributed by atoms with Crippen LogP contribution in [0.2, 0.25) is 0 Å². The lowest BCUT2D eigenvalue weighted by Crippen LogP contribution is -2.12. The number of halogens is 2. The highest BCUT2D eigenvalue weighted by atomic mass is 79.9. The third-order valence-electron chi connectivity index (χ3n) is 4.42. The number of benzene rings is 3. The SMILES string of the molecule is COC(=O)c1c(C#N)c(N)c(C#N)c(-c2ccc(Br)cc2)c1-c1ccc(Br)cc1. The van der Waals surface area contributed by atoms with Crippen molar-refractivity contribution in [3.63, 3.8) is 0 Å². The molecule has 0 unspecified atom stereocenters. The Hall–Kier alpha value is -3.13. The molecular weight excluding hydrogens is 498 g/mol. The molecule has 0 bridgehead atoms. The summed E-state index contributed by atoms with van der Waals surface area (Å²) >= 11 is 6.80. The second-order valence-electron chi connectivity index (χ2n) is 6.02. The smallest absolute Gasteiger partial charge is 0.339 e. The third kappa shape index (κ3) is 3.75. The minimum absolute atomic E-state index is 0.0340. The summed E-state index contributed by atoms with van der Waals surface area (Å²) in [6.07, 6.45) is 0. The molecule has 3 aromatic rings. The molecule has 7 heteroatoms. The molecule has 0 heterocycles. The first-order valence-corrected chi connectivity index (χ1v) is 9.91. The van der Waals surface area contributed by atoms with E-state index < -0.39 is 5.97 Å². The number of esters is 1.